The summed E-state index contributed by atoms with van der Waals surface area (Å²) in [6, 6.07) is -1.09. The van der Waals surface area contributed by atoms with Gasteiger partial charge in [-0.25, -0.2) is 9.48 Å². The third kappa shape index (κ3) is 5.17. The van der Waals surface area contributed by atoms with Gasteiger partial charge in [0.05, 0.1) is 36.6 Å². The van der Waals surface area contributed by atoms with E-state index < -0.39 is 30.3 Å². The molecule has 0 radical (unpaired) electrons. The largest absolute Gasteiger partial charge is 0.478 e. The minimum Gasteiger partial charge on any atom is -0.478 e. The van der Waals surface area contributed by atoms with Gasteiger partial charge >= 0.3 is 5.97 Å². The van der Waals surface area contributed by atoms with Gasteiger partial charge in [-0.05, 0) is 25.3 Å². The number of ether oxygens (including phenoxy) is 1. The van der Waals surface area contributed by atoms with Crippen molar-refractivity contribution in [3.63, 3.8) is 0 Å². The van der Waals surface area contributed by atoms with Crippen molar-refractivity contribution in [2.24, 2.45) is 0 Å². The quantitative estimate of drug-likeness (QED) is 0.582. The number of rotatable bonds is 9. The summed E-state index contributed by atoms with van der Waals surface area (Å²) >= 11 is 0. The first-order valence-corrected chi connectivity index (χ1v) is 9.76. The maximum absolute atomic E-state index is 11.8. The van der Waals surface area contributed by atoms with Gasteiger partial charge in [0, 0.05) is 18.9 Å². The molecular weight excluding hydrogens is 364 g/mol. The van der Waals surface area contributed by atoms with Crippen molar-refractivity contribution in [1.82, 2.24) is 20.3 Å². The topological polar surface area (TPSA) is 127 Å². The summed E-state index contributed by atoms with van der Waals surface area (Å²) in [5.74, 6) is -1.27. The van der Waals surface area contributed by atoms with Gasteiger partial charge in [-0.15, -0.1) is 5.10 Å². The van der Waals surface area contributed by atoms with Gasteiger partial charge in [-0.1, -0.05) is 26.0 Å². The minimum absolute atomic E-state index is 0.0386. The molecule has 1 aromatic heterocycles. The predicted octanol–water partition coefficient (Wildman–Crippen LogP) is 1.76. The molecule has 0 aromatic carbocycles. The number of carboxylic acid groups (broad SMARTS) is 1. The lowest BCUT2D eigenvalue weighted by Gasteiger charge is -2.38. The molecule has 0 unspecified atom stereocenters. The Kier molecular flexibility index (Phi) is 7.70. The van der Waals surface area contributed by atoms with E-state index in [4.69, 9.17) is 4.74 Å². The molecule has 4 atom stereocenters. The number of aromatic nitrogens is 3. The van der Waals surface area contributed by atoms with Crippen molar-refractivity contribution in [3.8, 4) is 0 Å². The summed E-state index contributed by atoms with van der Waals surface area (Å²) in [7, 11) is 0. The first-order chi connectivity index (χ1) is 13.3. The number of aliphatic carboxylic acids is 1. The van der Waals surface area contributed by atoms with Crippen molar-refractivity contribution in [2.45, 2.75) is 83.8 Å². The van der Waals surface area contributed by atoms with Crippen molar-refractivity contribution in [2.75, 3.05) is 0 Å². The monoisotopic (exact) mass is 394 g/mol. The molecule has 0 spiro atoms. The number of hydrogen-bond donors (Lipinski definition) is 3. The molecule has 0 bridgehead atoms. The van der Waals surface area contributed by atoms with E-state index >= 15 is 0 Å². The van der Waals surface area contributed by atoms with Gasteiger partial charge in [0.1, 0.15) is 5.69 Å². The fraction of sp³-hybridized carbons (Fsp3) is 0.684. The van der Waals surface area contributed by atoms with Gasteiger partial charge in [0.2, 0.25) is 5.91 Å². The van der Waals surface area contributed by atoms with Crippen LogP contribution in [0.15, 0.2) is 17.8 Å². The lowest BCUT2D eigenvalue weighted by Crippen LogP contribution is -2.52. The number of carboxylic acids is 1. The highest BCUT2D eigenvalue weighted by Crippen LogP contribution is 2.31. The van der Waals surface area contributed by atoms with E-state index in [0.717, 1.165) is 12.8 Å². The minimum atomic E-state index is -1.03. The van der Waals surface area contributed by atoms with Crippen LogP contribution in [0.5, 0.6) is 0 Å². The fourth-order valence-corrected chi connectivity index (χ4v) is 3.41. The maximum atomic E-state index is 11.8. The van der Waals surface area contributed by atoms with Gasteiger partial charge in [-0.2, -0.15) is 0 Å². The SMILES string of the molecule is CCC(CC)O[C@@H]1CC(C(=O)O)=C[C@H](n2cc([C@H](O)CC)nn2)[C@H]1NC(C)=O. The molecule has 156 valence electrons. The molecule has 1 heterocycles. The maximum Gasteiger partial charge on any atom is 0.331 e. The Morgan fingerprint density at radius 2 is 2.00 bits per heavy atom. The summed E-state index contributed by atoms with van der Waals surface area (Å²) in [4.78, 5) is 23.5. The number of hydrogen-bond acceptors (Lipinski definition) is 6. The van der Waals surface area contributed by atoms with Gasteiger partial charge in [-0.3, -0.25) is 4.79 Å². The summed E-state index contributed by atoms with van der Waals surface area (Å²) < 4.78 is 7.67. The van der Waals surface area contributed by atoms with E-state index in [0.29, 0.717) is 12.1 Å². The second kappa shape index (κ2) is 9.79. The van der Waals surface area contributed by atoms with E-state index in [1.807, 2.05) is 20.8 Å². The molecule has 0 saturated carbocycles. The van der Waals surface area contributed by atoms with Crippen LogP contribution >= 0.6 is 0 Å². The van der Waals surface area contributed by atoms with Crippen LogP contribution in [0, 0.1) is 0 Å². The highest BCUT2D eigenvalue weighted by atomic mass is 16.5. The Balaban J connectivity index is 2.44. The molecule has 1 aliphatic carbocycles. The predicted molar refractivity (Wildman–Crippen MR) is 101 cm³/mol. The van der Waals surface area contributed by atoms with Crippen LogP contribution in [0.2, 0.25) is 0 Å². The molecule has 0 fully saturated rings. The van der Waals surface area contributed by atoms with Crippen molar-refractivity contribution >= 4 is 11.9 Å². The normalized spacial score (nSPS) is 23.4. The van der Waals surface area contributed by atoms with Crippen molar-refractivity contribution in [1.29, 1.82) is 0 Å². The summed E-state index contributed by atoms with van der Waals surface area (Å²) in [6.45, 7) is 7.25. The third-order valence-corrected chi connectivity index (χ3v) is 5.05. The molecule has 9 heteroatoms. The number of carbonyl (C=O) groups is 2. The molecule has 1 amide bonds. The van der Waals surface area contributed by atoms with E-state index in [1.54, 1.807) is 12.3 Å². The molecule has 0 aliphatic heterocycles. The first-order valence-electron chi connectivity index (χ1n) is 9.76. The molecule has 1 aromatic rings. The number of aliphatic hydroxyl groups is 1. The molecular formula is C19H30N4O5. The van der Waals surface area contributed by atoms with E-state index in [-0.39, 0.29) is 24.0 Å². The molecule has 1 aliphatic rings. The second-order valence-corrected chi connectivity index (χ2v) is 7.08. The zero-order chi connectivity index (χ0) is 20.8. The number of amides is 1. The second-order valence-electron chi connectivity index (χ2n) is 7.08. The lowest BCUT2D eigenvalue weighted by molar-refractivity contribution is -0.134. The molecule has 9 nitrogen and oxygen atoms in total. The molecule has 0 saturated heterocycles. The van der Waals surface area contributed by atoms with Crippen LogP contribution in [0.4, 0.5) is 0 Å². The first kappa shape index (κ1) is 22.0. The summed E-state index contributed by atoms with van der Waals surface area (Å²) in [5.41, 5.74) is 0.605. The van der Waals surface area contributed by atoms with Crippen molar-refractivity contribution in [3.05, 3.63) is 23.5 Å². The van der Waals surface area contributed by atoms with Crippen LogP contribution < -0.4 is 5.32 Å². The number of nitrogens with one attached hydrogen (secondary N) is 1. The lowest BCUT2D eigenvalue weighted by atomic mass is 9.87. The number of nitrogens with zero attached hydrogens (tertiary/aromatic N) is 3. The smallest absolute Gasteiger partial charge is 0.331 e. The summed E-state index contributed by atoms with van der Waals surface area (Å²) in [5, 5.41) is 30.5. The average molecular weight is 394 g/mol. The highest BCUT2D eigenvalue weighted by molar-refractivity contribution is 5.87. The average Bonchev–Trinajstić information content (AvgIpc) is 3.15. The van der Waals surface area contributed by atoms with Crippen LogP contribution in [-0.2, 0) is 14.3 Å². The Labute approximate surface area is 164 Å². The van der Waals surface area contributed by atoms with Crippen molar-refractivity contribution < 1.29 is 24.5 Å². The van der Waals surface area contributed by atoms with Gasteiger partial charge in [0.15, 0.2) is 0 Å². The van der Waals surface area contributed by atoms with E-state index in [2.05, 4.69) is 15.6 Å². The highest BCUT2D eigenvalue weighted by Gasteiger charge is 2.39. The molecule has 28 heavy (non-hydrogen) atoms. The van der Waals surface area contributed by atoms with Crippen LogP contribution in [0.25, 0.3) is 0 Å². The van der Waals surface area contributed by atoms with Gasteiger partial charge in [0.25, 0.3) is 0 Å². The van der Waals surface area contributed by atoms with E-state index in [9.17, 15) is 19.8 Å². The zero-order valence-electron chi connectivity index (χ0n) is 16.8. The Hall–Kier alpha value is -2.26. The van der Waals surface area contributed by atoms with E-state index in [1.165, 1.54) is 11.6 Å². The Bertz CT molecular complexity index is 713. The molecule has 3 N–H and O–H groups in total. The Morgan fingerprint density at radius 1 is 1.32 bits per heavy atom. The zero-order valence-corrected chi connectivity index (χ0v) is 16.8. The standard InChI is InChI=1S/C19H30N4O5/c1-5-13(6-2)28-17-9-12(19(26)27)8-15(18(17)20-11(4)24)23-10-14(21-22-23)16(25)7-3/h8,10,13,15-18,25H,5-7,9H2,1-4H3,(H,20,24)(H,26,27)/t15-,16+,17+,18+/m0/s1. The number of carbonyl (C=O) groups excluding carboxylic acids is 1. The van der Waals surface area contributed by atoms with Crippen LogP contribution in [0.3, 0.4) is 0 Å². The van der Waals surface area contributed by atoms with Crippen LogP contribution in [0.1, 0.15) is 71.2 Å². The molecule has 2 rings (SSSR count). The Morgan fingerprint density at radius 3 is 2.54 bits per heavy atom. The van der Waals surface area contributed by atoms with Crippen LogP contribution in [-0.4, -0.2) is 55.3 Å². The number of aliphatic hydroxyl groups excluding tert-OH is 1. The fourth-order valence-electron chi connectivity index (χ4n) is 3.41. The third-order valence-electron chi connectivity index (χ3n) is 5.05. The summed E-state index contributed by atoms with van der Waals surface area (Å²) in [6.07, 6.45) is 4.09. The van der Waals surface area contributed by atoms with Gasteiger partial charge < -0.3 is 20.3 Å².